The SMILES string of the molecule is COCCNC(=O)C1CCC(C(=O)NC(C)(C)C)CC1. The average molecular weight is 284 g/mol. The summed E-state index contributed by atoms with van der Waals surface area (Å²) in [5.74, 6) is 0.315. The first-order valence-electron chi connectivity index (χ1n) is 7.42. The van der Waals surface area contributed by atoms with Gasteiger partial charge >= 0.3 is 0 Å². The minimum atomic E-state index is -0.189. The number of carbonyl (C=O) groups is 2. The van der Waals surface area contributed by atoms with E-state index in [4.69, 9.17) is 4.74 Å². The molecule has 1 saturated carbocycles. The van der Waals surface area contributed by atoms with Gasteiger partial charge in [0.2, 0.25) is 11.8 Å². The van der Waals surface area contributed by atoms with Crippen molar-refractivity contribution in [3.05, 3.63) is 0 Å². The third kappa shape index (κ3) is 5.90. The molecule has 116 valence electrons. The summed E-state index contributed by atoms with van der Waals surface area (Å²) in [5, 5.41) is 5.89. The standard InChI is InChI=1S/C15H28N2O3/c1-15(2,3)17-14(19)12-7-5-11(6-8-12)13(18)16-9-10-20-4/h11-12H,5-10H2,1-4H3,(H,16,18)(H,17,19). The lowest BCUT2D eigenvalue weighted by Gasteiger charge is -2.30. The van der Waals surface area contributed by atoms with Gasteiger partial charge in [0.15, 0.2) is 0 Å². The lowest BCUT2D eigenvalue weighted by Crippen LogP contribution is -2.45. The molecule has 0 aromatic carbocycles. The van der Waals surface area contributed by atoms with Gasteiger partial charge in [0, 0.05) is 31.0 Å². The molecule has 2 N–H and O–H groups in total. The van der Waals surface area contributed by atoms with E-state index in [1.807, 2.05) is 20.8 Å². The molecule has 5 heteroatoms. The number of carbonyl (C=O) groups excluding carboxylic acids is 2. The van der Waals surface area contributed by atoms with Crippen LogP contribution < -0.4 is 10.6 Å². The molecule has 0 aliphatic heterocycles. The highest BCUT2D eigenvalue weighted by atomic mass is 16.5. The molecule has 0 atom stereocenters. The van der Waals surface area contributed by atoms with Crippen LogP contribution in [-0.2, 0) is 14.3 Å². The van der Waals surface area contributed by atoms with Crippen LogP contribution in [-0.4, -0.2) is 37.6 Å². The molecule has 1 fully saturated rings. The van der Waals surface area contributed by atoms with Crippen LogP contribution in [0.5, 0.6) is 0 Å². The molecule has 0 aromatic rings. The third-order valence-electron chi connectivity index (χ3n) is 3.57. The van der Waals surface area contributed by atoms with E-state index >= 15 is 0 Å². The molecule has 0 spiro atoms. The molecule has 1 aliphatic rings. The Kier molecular flexibility index (Phi) is 6.46. The van der Waals surface area contributed by atoms with Crippen LogP contribution >= 0.6 is 0 Å². The number of methoxy groups -OCH3 is 1. The minimum absolute atomic E-state index is 0.0468. The zero-order chi connectivity index (χ0) is 15.2. The second kappa shape index (κ2) is 7.62. The van der Waals surface area contributed by atoms with Crippen molar-refractivity contribution < 1.29 is 14.3 Å². The Labute approximate surface area is 121 Å². The highest BCUT2D eigenvalue weighted by Gasteiger charge is 2.30. The van der Waals surface area contributed by atoms with Crippen molar-refractivity contribution in [2.24, 2.45) is 11.8 Å². The molecular formula is C15H28N2O3. The number of hydrogen-bond acceptors (Lipinski definition) is 3. The number of hydrogen-bond donors (Lipinski definition) is 2. The second-order valence-electron chi connectivity index (χ2n) is 6.57. The van der Waals surface area contributed by atoms with E-state index in [1.54, 1.807) is 7.11 Å². The van der Waals surface area contributed by atoms with Gasteiger partial charge in [-0.15, -0.1) is 0 Å². The molecule has 0 aromatic heterocycles. The van der Waals surface area contributed by atoms with Crippen LogP contribution in [0.25, 0.3) is 0 Å². The van der Waals surface area contributed by atoms with E-state index in [2.05, 4.69) is 10.6 Å². The maximum absolute atomic E-state index is 12.1. The smallest absolute Gasteiger partial charge is 0.223 e. The average Bonchev–Trinajstić information content (AvgIpc) is 2.37. The Balaban J connectivity index is 2.32. The summed E-state index contributed by atoms with van der Waals surface area (Å²) in [5.41, 5.74) is -0.189. The molecule has 0 saturated heterocycles. The molecule has 1 aliphatic carbocycles. The van der Waals surface area contributed by atoms with Gasteiger partial charge in [-0.3, -0.25) is 9.59 Å². The topological polar surface area (TPSA) is 67.4 Å². The lowest BCUT2D eigenvalue weighted by molar-refractivity contribution is -0.131. The molecule has 0 heterocycles. The fourth-order valence-corrected chi connectivity index (χ4v) is 2.51. The molecular weight excluding hydrogens is 256 g/mol. The Morgan fingerprint density at radius 3 is 2.00 bits per heavy atom. The summed E-state index contributed by atoms with van der Waals surface area (Å²) in [6.45, 7) is 7.05. The van der Waals surface area contributed by atoms with Crippen molar-refractivity contribution in [1.29, 1.82) is 0 Å². The normalized spacial score (nSPS) is 23.2. The Bertz CT molecular complexity index is 329. The number of nitrogens with one attached hydrogen (secondary N) is 2. The maximum Gasteiger partial charge on any atom is 0.223 e. The third-order valence-corrected chi connectivity index (χ3v) is 3.57. The zero-order valence-electron chi connectivity index (χ0n) is 13.1. The fraction of sp³-hybridized carbons (Fsp3) is 0.867. The van der Waals surface area contributed by atoms with Gasteiger partial charge in [0.1, 0.15) is 0 Å². The number of rotatable bonds is 5. The molecule has 20 heavy (non-hydrogen) atoms. The molecule has 2 amide bonds. The van der Waals surface area contributed by atoms with Crippen LogP contribution in [0.3, 0.4) is 0 Å². The number of ether oxygens (including phenoxy) is 1. The van der Waals surface area contributed by atoms with E-state index in [9.17, 15) is 9.59 Å². The Morgan fingerprint density at radius 2 is 1.55 bits per heavy atom. The van der Waals surface area contributed by atoms with Crippen LogP contribution in [0.4, 0.5) is 0 Å². The van der Waals surface area contributed by atoms with E-state index in [1.165, 1.54) is 0 Å². The van der Waals surface area contributed by atoms with Gasteiger partial charge in [-0.1, -0.05) is 0 Å². The van der Waals surface area contributed by atoms with Crippen molar-refractivity contribution >= 4 is 11.8 Å². The van der Waals surface area contributed by atoms with Crippen LogP contribution in [0.2, 0.25) is 0 Å². The molecule has 5 nitrogen and oxygen atoms in total. The summed E-state index contributed by atoms with van der Waals surface area (Å²) in [4.78, 5) is 24.0. The predicted octanol–water partition coefficient (Wildman–Crippen LogP) is 1.47. The monoisotopic (exact) mass is 284 g/mol. The summed E-state index contributed by atoms with van der Waals surface area (Å²) in [7, 11) is 1.62. The van der Waals surface area contributed by atoms with Crippen molar-refractivity contribution in [3.63, 3.8) is 0 Å². The quantitative estimate of drug-likeness (QED) is 0.751. The maximum atomic E-state index is 12.1. The molecule has 0 bridgehead atoms. The van der Waals surface area contributed by atoms with Crippen LogP contribution in [0, 0.1) is 11.8 Å². The van der Waals surface area contributed by atoms with Gasteiger partial charge in [0.05, 0.1) is 6.61 Å². The summed E-state index contributed by atoms with van der Waals surface area (Å²) in [6.07, 6.45) is 3.18. The lowest BCUT2D eigenvalue weighted by atomic mass is 9.81. The Morgan fingerprint density at radius 1 is 1.05 bits per heavy atom. The molecule has 1 rings (SSSR count). The first-order chi connectivity index (χ1) is 9.33. The van der Waals surface area contributed by atoms with E-state index in [0.717, 1.165) is 25.7 Å². The van der Waals surface area contributed by atoms with Crippen molar-refractivity contribution in [1.82, 2.24) is 10.6 Å². The number of amides is 2. The first kappa shape index (κ1) is 17.0. The van der Waals surface area contributed by atoms with Gasteiger partial charge in [-0.25, -0.2) is 0 Å². The summed E-state index contributed by atoms with van der Waals surface area (Å²) in [6, 6.07) is 0. The highest BCUT2D eigenvalue weighted by molar-refractivity contribution is 5.81. The molecule has 0 unspecified atom stereocenters. The van der Waals surface area contributed by atoms with E-state index in [-0.39, 0.29) is 29.2 Å². The van der Waals surface area contributed by atoms with Crippen LogP contribution in [0.1, 0.15) is 46.5 Å². The van der Waals surface area contributed by atoms with Gasteiger partial charge < -0.3 is 15.4 Å². The van der Waals surface area contributed by atoms with Gasteiger partial charge in [0.25, 0.3) is 0 Å². The van der Waals surface area contributed by atoms with Crippen molar-refractivity contribution in [2.75, 3.05) is 20.3 Å². The first-order valence-corrected chi connectivity index (χ1v) is 7.42. The highest BCUT2D eigenvalue weighted by Crippen LogP contribution is 2.29. The Hall–Kier alpha value is -1.10. The minimum Gasteiger partial charge on any atom is -0.383 e. The second-order valence-corrected chi connectivity index (χ2v) is 6.57. The molecule has 0 radical (unpaired) electrons. The van der Waals surface area contributed by atoms with E-state index < -0.39 is 0 Å². The van der Waals surface area contributed by atoms with Gasteiger partial charge in [-0.2, -0.15) is 0 Å². The summed E-state index contributed by atoms with van der Waals surface area (Å²) >= 11 is 0. The summed E-state index contributed by atoms with van der Waals surface area (Å²) < 4.78 is 4.91. The van der Waals surface area contributed by atoms with Crippen LogP contribution in [0.15, 0.2) is 0 Å². The van der Waals surface area contributed by atoms with E-state index in [0.29, 0.717) is 13.2 Å². The zero-order valence-corrected chi connectivity index (χ0v) is 13.1. The van der Waals surface area contributed by atoms with Crippen molar-refractivity contribution in [3.8, 4) is 0 Å². The largest absolute Gasteiger partial charge is 0.383 e. The fourth-order valence-electron chi connectivity index (χ4n) is 2.51. The van der Waals surface area contributed by atoms with Crippen molar-refractivity contribution in [2.45, 2.75) is 52.0 Å². The van der Waals surface area contributed by atoms with Gasteiger partial charge in [-0.05, 0) is 46.5 Å². The predicted molar refractivity (Wildman–Crippen MR) is 78.2 cm³/mol.